The predicted octanol–water partition coefficient (Wildman–Crippen LogP) is 12.9. The fourth-order valence-electron chi connectivity index (χ4n) is 9.15. The molecule has 3 heterocycles. The number of aromatic nitrogens is 4. The lowest BCUT2D eigenvalue weighted by atomic mass is 9.67. The monoisotopic (exact) mass is 756 g/mol. The van der Waals surface area contributed by atoms with Crippen LogP contribution >= 0.6 is 0 Å². The van der Waals surface area contributed by atoms with Gasteiger partial charge < -0.3 is 8.83 Å². The zero-order valence-electron chi connectivity index (χ0n) is 31.6. The van der Waals surface area contributed by atoms with E-state index in [1.165, 1.54) is 22.3 Å². The molecule has 1 aliphatic carbocycles. The lowest BCUT2D eigenvalue weighted by Gasteiger charge is -2.33. The number of nitrogens with zero attached hydrogens (tertiary/aromatic N) is 4. The second-order valence-corrected chi connectivity index (χ2v) is 14.9. The maximum absolute atomic E-state index is 6.48. The molecule has 0 bridgehead atoms. The number of benzene rings is 8. The maximum atomic E-state index is 6.48. The molecule has 0 amide bonds. The molecule has 0 radical (unpaired) electrons. The van der Waals surface area contributed by atoms with Crippen LogP contribution in [0.15, 0.2) is 203 Å². The first-order valence-electron chi connectivity index (χ1n) is 19.7. The molecule has 0 N–H and O–H groups in total. The number of rotatable bonds is 6. The van der Waals surface area contributed by atoms with Gasteiger partial charge in [-0.15, -0.1) is 0 Å². The topological polar surface area (TPSA) is 77.8 Å². The molecule has 11 aromatic rings. The Balaban J connectivity index is 1.11. The zero-order valence-corrected chi connectivity index (χ0v) is 31.6. The number of hydrogen-bond donors (Lipinski definition) is 0. The first-order chi connectivity index (χ1) is 29.2. The summed E-state index contributed by atoms with van der Waals surface area (Å²) in [7, 11) is 0. The van der Waals surface area contributed by atoms with Crippen LogP contribution in [0.25, 0.3) is 89.8 Å². The van der Waals surface area contributed by atoms with Crippen LogP contribution in [0, 0.1) is 0 Å². The predicted molar refractivity (Wildman–Crippen MR) is 234 cm³/mol. The second-order valence-electron chi connectivity index (χ2n) is 14.9. The summed E-state index contributed by atoms with van der Waals surface area (Å²) in [5, 5.41) is 1.83. The summed E-state index contributed by atoms with van der Waals surface area (Å²) in [6, 6.07) is 67.0. The molecule has 0 unspecified atom stereocenters. The van der Waals surface area contributed by atoms with Gasteiger partial charge in [-0.2, -0.15) is 0 Å². The maximum Gasteiger partial charge on any atom is 0.227 e. The van der Waals surface area contributed by atoms with Crippen LogP contribution in [0.4, 0.5) is 0 Å². The highest BCUT2D eigenvalue weighted by atomic mass is 16.3. The molecule has 6 nitrogen and oxygen atoms in total. The summed E-state index contributed by atoms with van der Waals surface area (Å²) in [4.78, 5) is 20.7. The van der Waals surface area contributed by atoms with Crippen molar-refractivity contribution in [2.24, 2.45) is 0 Å². The van der Waals surface area contributed by atoms with E-state index in [9.17, 15) is 0 Å². The van der Waals surface area contributed by atoms with Crippen LogP contribution in [0.3, 0.4) is 0 Å². The highest BCUT2D eigenvalue weighted by Crippen LogP contribution is 2.58. The van der Waals surface area contributed by atoms with E-state index in [1.807, 2.05) is 78.9 Å². The second kappa shape index (κ2) is 13.0. The highest BCUT2D eigenvalue weighted by molar-refractivity contribution is 6.12. The van der Waals surface area contributed by atoms with Crippen LogP contribution in [0.5, 0.6) is 0 Å². The van der Waals surface area contributed by atoms with Crippen LogP contribution in [-0.2, 0) is 5.41 Å². The third kappa shape index (κ3) is 5.06. The van der Waals surface area contributed by atoms with Gasteiger partial charge in [0.05, 0.1) is 5.41 Å². The molecule has 59 heavy (non-hydrogen) atoms. The van der Waals surface area contributed by atoms with E-state index in [4.69, 9.17) is 28.8 Å². The normalized spacial score (nSPS) is 12.9. The van der Waals surface area contributed by atoms with Gasteiger partial charge in [0.1, 0.15) is 16.7 Å². The average molecular weight is 757 g/mol. The molecule has 0 saturated heterocycles. The molecule has 276 valence electrons. The van der Waals surface area contributed by atoms with Crippen LogP contribution < -0.4 is 0 Å². The fraction of sp³-hybridized carbons (Fsp3) is 0.0189. The Bertz CT molecular complexity index is 3320. The summed E-state index contributed by atoms with van der Waals surface area (Å²) in [5.41, 5.74) is 13.1. The van der Waals surface area contributed by atoms with E-state index in [0.717, 1.165) is 66.4 Å². The summed E-state index contributed by atoms with van der Waals surface area (Å²) in [6.07, 6.45) is 0. The SMILES string of the molecule is c1ccc(-c2nc(-c3cccc4c3-c3ccccc3C4(c3ccccc3)c3ccccc3)nc(-c3cccc4oc5ccc(-c6nc7ccccc7o6)cc5c34)n2)cc1. The van der Waals surface area contributed by atoms with Crippen molar-refractivity contribution in [2.45, 2.75) is 5.41 Å². The summed E-state index contributed by atoms with van der Waals surface area (Å²) in [6.45, 7) is 0. The van der Waals surface area contributed by atoms with Gasteiger partial charge in [-0.3, -0.25) is 0 Å². The van der Waals surface area contributed by atoms with Crippen molar-refractivity contribution in [3.63, 3.8) is 0 Å². The molecule has 3 aromatic heterocycles. The number of hydrogen-bond acceptors (Lipinski definition) is 6. The molecule has 0 saturated carbocycles. The first-order valence-corrected chi connectivity index (χ1v) is 19.7. The van der Waals surface area contributed by atoms with Crippen LogP contribution in [0.2, 0.25) is 0 Å². The number of para-hydroxylation sites is 2. The van der Waals surface area contributed by atoms with Crippen LogP contribution in [0.1, 0.15) is 22.3 Å². The van der Waals surface area contributed by atoms with Gasteiger partial charge in [0.15, 0.2) is 23.1 Å². The Morgan fingerprint density at radius 1 is 0.373 bits per heavy atom. The molecule has 0 aliphatic heterocycles. The van der Waals surface area contributed by atoms with Crippen molar-refractivity contribution in [1.82, 2.24) is 19.9 Å². The Hall–Kier alpha value is -7.96. The molecule has 1 aliphatic rings. The van der Waals surface area contributed by atoms with Crippen molar-refractivity contribution >= 4 is 33.0 Å². The first kappa shape index (κ1) is 33.2. The van der Waals surface area contributed by atoms with Crippen LogP contribution in [-0.4, -0.2) is 19.9 Å². The Kier molecular flexibility index (Phi) is 7.34. The molecule has 8 aromatic carbocycles. The molecule has 6 heteroatoms. The zero-order chi connectivity index (χ0) is 38.9. The molecule has 0 spiro atoms. The van der Waals surface area contributed by atoms with Gasteiger partial charge in [-0.05, 0) is 69.8 Å². The molecule has 0 fully saturated rings. The van der Waals surface area contributed by atoms with E-state index >= 15 is 0 Å². The van der Waals surface area contributed by atoms with Crippen molar-refractivity contribution in [2.75, 3.05) is 0 Å². The Labute approximate surface area is 339 Å². The van der Waals surface area contributed by atoms with Gasteiger partial charge in [0.25, 0.3) is 0 Å². The van der Waals surface area contributed by atoms with Gasteiger partial charge in [0, 0.05) is 33.0 Å². The Morgan fingerprint density at radius 2 is 0.966 bits per heavy atom. The van der Waals surface area contributed by atoms with Gasteiger partial charge in [-0.1, -0.05) is 158 Å². The van der Waals surface area contributed by atoms with Gasteiger partial charge >= 0.3 is 0 Å². The lowest BCUT2D eigenvalue weighted by Crippen LogP contribution is -2.28. The van der Waals surface area contributed by atoms with Gasteiger partial charge in [0.2, 0.25) is 5.89 Å². The minimum absolute atomic E-state index is 0.550. The molecular weight excluding hydrogens is 725 g/mol. The highest BCUT2D eigenvalue weighted by Gasteiger charge is 2.47. The third-order valence-electron chi connectivity index (χ3n) is 11.7. The Morgan fingerprint density at radius 3 is 1.75 bits per heavy atom. The minimum atomic E-state index is -0.559. The molecule has 0 atom stereocenters. The number of fused-ring (bicyclic) bond motifs is 7. The molecule has 12 rings (SSSR count). The van der Waals surface area contributed by atoms with E-state index < -0.39 is 5.41 Å². The standard InChI is InChI=1S/C53H32N4O2/c1-4-16-33(17-5-1)49-55-50(38-23-14-26-42-47(38)37-22-10-11-25-41(37)53(42,35-18-6-2-7-19-35)36-20-8-3-9-21-36)57-51(56-49)39-24-15-29-46-48(39)40-32-34(30-31-44(40)58-46)52-54-43-27-12-13-28-45(43)59-52/h1-32H. The summed E-state index contributed by atoms with van der Waals surface area (Å²) in [5.74, 6) is 2.28. The number of oxazole rings is 1. The smallest absolute Gasteiger partial charge is 0.227 e. The van der Waals surface area contributed by atoms with Crippen molar-refractivity contribution in [1.29, 1.82) is 0 Å². The van der Waals surface area contributed by atoms with E-state index in [0.29, 0.717) is 23.4 Å². The minimum Gasteiger partial charge on any atom is -0.456 e. The van der Waals surface area contributed by atoms with Crippen molar-refractivity contribution in [3.8, 4) is 56.7 Å². The fourth-order valence-corrected chi connectivity index (χ4v) is 9.15. The average Bonchev–Trinajstić information content (AvgIpc) is 4.00. The lowest BCUT2D eigenvalue weighted by molar-refractivity contribution is 0.620. The van der Waals surface area contributed by atoms with E-state index in [2.05, 4.69) is 115 Å². The van der Waals surface area contributed by atoms with Crippen molar-refractivity contribution < 1.29 is 8.83 Å². The summed E-state index contributed by atoms with van der Waals surface area (Å²) < 4.78 is 12.7. The summed E-state index contributed by atoms with van der Waals surface area (Å²) >= 11 is 0. The van der Waals surface area contributed by atoms with E-state index in [-0.39, 0.29) is 0 Å². The van der Waals surface area contributed by atoms with E-state index in [1.54, 1.807) is 0 Å². The third-order valence-corrected chi connectivity index (χ3v) is 11.7. The van der Waals surface area contributed by atoms with Gasteiger partial charge in [-0.25, -0.2) is 19.9 Å². The number of furan rings is 1. The quantitative estimate of drug-likeness (QED) is 0.168. The largest absolute Gasteiger partial charge is 0.456 e. The molecular formula is C53H32N4O2. The van der Waals surface area contributed by atoms with Crippen molar-refractivity contribution in [3.05, 3.63) is 216 Å².